The molecule has 0 radical (unpaired) electrons. The van der Waals surface area contributed by atoms with E-state index in [2.05, 4.69) is 40.5 Å². The van der Waals surface area contributed by atoms with Crippen molar-refractivity contribution >= 4 is 17.8 Å². The lowest BCUT2D eigenvalue weighted by atomic mass is 9.68. The van der Waals surface area contributed by atoms with Gasteiger partial charge in [0.1, 0.15) is 0 Å². The Morgan fingerprint density at radius 3 is 2.41 bits per heavy atom. The summed E-state index contributed by atoms with van der Waals surface area (Å²) in [5.74, 6) is -0.193. The molecule has 1 aliphatic carbocycles. The van der Waals surface area contributed by atoms with Crippen LogP contribution in [0.1, 0.15) is 66.4 Å². The maximum absolute atomic E-state index is 12.1. The molecule has 4 heteroatoms. The second-order valence-corrected chi connectivity index (χ2v) is 8.65. The van der Waals surface area contributed by atoms with Crippen molar-refractivity contribution in [2.45, 2.75) is 51.9 Å². The van der Waals surface area contributed by atoms with Gasteiger partial charge in [-0.05, 0) is 73.4 Å². The van der Waals surface area contributed by atoms with Crippen molar-refractivity contribution in [1.29, 1.82) is 0 Å². The number of rotatable bonds is 4. The van der Waals surface area contributed by atoms with Crippen molar-refractivity contribution < 1.29 is 4.79 Å². The molecular formula is C25H31N3O. The molecule has 1 spiro atoms. The van der Waals surface area contributed by atoms with E-state index >= 15 is 0 Å². The highest BCUT2D eigenvalue weighted by molar-refractivity contribution is 5.95. The summed E-state index contributed by atoms with van der Waals surface area (Å²) >= 11 is 0. The van der Waals surface area contributed by atoms with Gasteiger partial charge in [-0.25, -0.2) is 5.43 Å². The predicted octanol–water partition coefficient (Wildman–Crippen LogP) is 5.31. The van der Waals surface area contributed by atoms with Gasteiger partial charge in [-0.15, -0.1) is 0 Å². The maximum Gasteiger partial charge on any atom is 0.271 e. The van der Waals surface area contributed by atoms with Gasteiger partial charge >= 0.3 is 0 Å². The zero-order chi connectivity index (χ0) is 20.1. The number of nitrogens with zero attached hydrogens (tertiary/aromatic N) is 2. The van der Waals surface area contributed by atoms with Crippen LogP contribution in [0.2, 0.25) is 0 Å². The summed E-state index contributed by atoms with van der Waals surface area (Å²) < 4.78 is 0. The molecule has 2 aromatic carbocycles. The van der Waals surface area contributed by atoms with E-state index < -0.39 is 0 Å². The maximum atomic E-state index is 12.1. The monoisotopic (exact) mass is 389 g/mol. The SMILES string of the molecule is Cc1cc(N2CCC3(CCCCC3)CC2)ccc1/C=N/NC(=O)c1ccccc1. The van der Waals surface area contributed by atoms with E-state index in [-0.39, 0.29) is 5.91 Å². The Morgan fingerprint density at radius 2 is 1.72 bits per heavy atom. The first-order valence-corrected chi connectivity index (χ1v) is 10.9. The molecular weight excluding hydrogens is 358 g/mol. The fourth-order valence-corrected chi connectivity index (χ4v) is 4.86. The van der Waals surface area contributed by atoms with E-state index in [4.69, 9.17) is 0 Å². The van der Waals surface area contributed by atoms with Gasteiger partial charge in [0.15, 0.2) is 0 Å². The van der Waals surface area contributed by atoms with E-state index in [9.17, 15) is 4.79 Å². The Balaban J connectivity index is 1.35. The highest BCUT2D eigenvalue weighted by Gasteiger charge is 2.35. The molecule has 4 nitrogen and oxygen atoms in total. The number of aryl methyl sites for hydroxylation is 1. The van der Waals surface area contributed by atoms with Crippen molar-refractivity contribution in [2.24, 2.45) is 10.5 Å². The fraction of sp³-hybridized carbons (Fsp3) is 0.440. The van der Waals surface area contributed by atoms with Gasteiger partial charge in [0.2, 0.25) is 0 Å². The molecule has 1 N–H and O–H groups in total. The van der Waals surface area contributed by atoms with Crippen LogP contribution in [0.3, 0.4) is 0 Å². The second kappa shape index (κ2) is 8.81. The molecule has 4 rings (SSSR count). The number of hydrogen-bond acceptors (Lipinski definition) is 3. The summed E-state index contributed by atoms with van der Waals surface area (Å²) in [6, 6.07) is 15.7. The molecule has 1 aliphatic heterocycles. The van der Waals surface area contributed by atoms with Gasteiger partial charge in [-0.2, -0.15) is 5.10 Å². The van der Waals surface area contributed by atoms with Crippen LogP contribution in [-0.4, -0.2) is 25.2 Å². The molecule has 1 amide bonds. The van der Waals surface area contributed by atoms with Crippen molar-refractivity contribution in [1.82, 2.24) is 5.43 Å². The average Bonchev–Trinajstić information content (AvgIpc) is 2.76. The normalized spacial score (nSPS) is 18.9. The number of carbonyl (C=O) groups excluding carboxylic acids is 1. The smallest absolute Gasteiger partial charge is 0.271 e. The van der Waals surface area contributed by atoms with Crippen molar-refractivity contribution in [3.05, 3.63) is 65.2 Å². The number of anilines is 1. The second-order valence-electron chi connectivity index (χ2n) is 8.65. The number of nitrogens with one attached hydrogen (secondary N) is 1. The summed E-state index contributed by atoms with van der Waals surface area (Å²) in [5.41, 5.74) is 7.36. The minimum atomic E-state index is -0.193. The third-order valence-corrected chi connectivity index (χ3v) is 6.76. The summed E-state index contributed by atoms with van der Waals surface area (Å²) in [6.07, 6.45) is 11.5. The Labute approximate surface area is 174 Å². The van der Waals surface area contributed by atoms with Crippen molar-refractivity contribution in [2.75, 3.05) is 18.0 Å². The van der Waals surface area contributed by atoms with Gasteiger partial charge < -0.3 is 4.90 Å². The molecule has 0 aromatic heterocycles. The van der Waals surface area contributed by atoms with E-state index in [1.807, 2.05) is 18.2 Å². The van der Waals surface area contributed by atoms with Crippen LogP contribution in [-0.2, 0) is 0 Å². The summed E-state index contributed by atoms with van der Waals surface area (Å²) in [6.45, 7) is 4.44. The number of piperidine rings is 1. The van der Waals surface area contributed by atoms with E-state index in [0.29, 0.717) is 11.0 Å². The molecule has 2 aromatic rings. The number of hydrazone groups is 1. The molecule has 29 heavy (non-hydrogen) atoms. The fourth-order valence-electron chi connectivity index (χ4n) is 4.86. The first-order chi connectivity index (χ1) is 14.2. The first-order valence-electron chi connectivity index (χ1n) is 10.9. The third-order valence-electron chi connectivity index (χ3n) is 6.76. The molecule has 2 aliphatic rings. The zero-order valence-electron chi connectivity index (χ0n) is 17.4. The molecule has 1 saturated heterocycles. The predicted molar refractivity (Wildman–Crippen MR) is 120 cm³/mol. The highest BCUT2D eigenvalue weighted by atomic mass is 16.2. The third kappa shape index (κ3) is 4.69. The van der Waals surface area contributed by atoms with Crippen LogP contribution in [0.15, 0.2) is 53.6 Å². The molecule has 2 fully saturated rings. The lowest BCUT2D eigenvalue weighted by Gasteiger charge is -2.45. The Bertz CT molecular complexity index is 859. The average molecular weight is 390 g/mol. The molecule has 1 saturated carbocycles. The minimum Gasteiger partial charge on any atom is -0.371 e. The Hall–Kier alpha value is -2.62. The topological polar surface area (TPSA) is 44.7 Å². The molecule has 152 valence electrons. The van der Waals surface area contributed by atoms with Crippen LogP contribution in [0.25, 0.3) is 0 Å². The Morgan fingerprint density at radius 1 is 1.00 bits per heavy atom. The lowest BCUT2D eigenvalue weighted by molar-refractivity contribution is 0.0955. The number of amides is 1. The summed E-state index contributed by atoms with van der Waals surface area (Å²) in [4.78, 5) is 14.6. The first kappa shape index (κ1) is 19.7. The quantitative estimate of drug-likeness (QED) is 0.569. The molecule has 0 bridgehead atoms. The number of carbonyl (C=O) groups is 1. The largest absolute Gasteiger partial charge is 0.371 e. The van der Waals surface area contributed by atoms with E-state index in [1.165, 1.54) is 69.3 Å². The molecule has 1 heterocycles. The van der Waals surface area contributed by atoms with E-state index in [1.54, 1.807) is 18.3 Å². The summed E-state index contributed by atoms with van der Waals surface area (Å²) in [5, 5.41) is 4.14. The standard InChI is InChI=1S/C25H31N3O/c1-20-18-23(28-16-14-25(15-17-28)12-6-3-7-13-25)11-10-22(20)19-26-27-24(29)21-8-4-2-5-9-21/h2,4-5,8-11,18-19H,3,6-7,12-17H2,1H3,(H,27,29)/b26-19+. The van der Waals surface area contributed by atoms with E-state index in [0.717, 1.165) is 5.56 Å². The van der Waals surface area contributed by atoms with Crippen molar-refractivity contribution in [3.63, 3.8) is 0 Å². The van der Waals surface area contributed by atoms with Crippen molar-refractivity contribution in [3.8, 4) is 0 Å². The Kier molecular flexibility index (Phi) is 5.98. The highest BCUT2D eigenvalue weighted by Crippen LogP contribution is 2.45. The van der Waals surface area contributed by atoms with Crippen LogP contribution >= 0.6 is 0 Å². The number of benzene rings is 2. The van der Waals surface area contributed by atoms with Gasteiger partial charge in [0, 0.05) is 24.3 Å². The van der Waals surface area contributed by atoms with Gasteiger partial charge in [-0.1, -0.05) is 43.5 Å². The zero-order valence-corrected chi connectivity index (χ0v) is 17.4. The van der Waals surface area contributed by atoms with Gasteiger partial charge in [-0.3, -0.25) is 4.79 Å². The van der Waals surface area contributed by atoms with Crippen LogP contribution in [0, 0.1) is 12.3 Å². The molecule has 0 atom stereocenters. The van der Waals surface area contributed by atoms with Gasteiger partial charge in [0.05, 0.1) is 6.21 Å². The van der Waals surface area contributed by atoms with Crippen LogP contribution < -0.4 is 10.3 Å². The van der Waals surface area contributed by atoms with Gasteiger partial charge in [0.25, 0.3) is 5.91 Å². The van der Waals surface area contributed by atoms with Crippen LogP contribution in [0.4, 0.5) is 5.69 Å². The van der Waals surface area contributed by atoms with Crippen LogP contribution in [0.5, 0.6) is 0 Å². The molecule has 0 unspecified atom stereocenters. The minimum absolute atomic E-state index is 0.193. The number of hydrogen-bond donors (Lipinski definition) is 1. The summed E-state index contributed by atoms with van der Waals surface area (Å²) in [7, 11) is 0. The lowest BCUT2D eigenvalue weighted by Crippen LogP contribution is -2.41.